The summed E-state index contributed by atoms with van der Waals surface area (Å²) in [6.45, 7) is 4.65. The minimum atomic E-state index is -0.718. The van der Waals surface area contributed by atoms with Crippen molar-refractivity contribution in [3.05, 3.63) is 24.2 Å². The van der Waals surface area contributed by atoms with Crippen LogP contribution in [-0.2, 0) is 4.74 Å². The predicted molar refractivity (Wildman–Crippen MR) is 111 cm³/mol. The van der Waals surface area contributed by atoms with Gasteiger partial charge in [0, 0.05) is 19.7 Å². The Morgan fingerprint density at radius 2 is 2.16 bits per heavy atom. The number of aliphatic imine (C=N–C) groups is 1. The van der Waals surface area contributed by atoms with Crippen molar-refractivity contribution in [1.82, 2.24) is 10.6 Å². The Morgan fingerprint density at radius 3 is 2.84 bits per heavy atom. The summed E-state index contributed by atoms with van der Waals surface area (Å²) in [6, 6.07) is 3.52. The molecule has 0 aromatic carbocycles. The van der Waals surface area contributed by atoms with Gasteiger partial charge in [-0.1, -0.05) is 19.3 Å². The number of halogens is 1. The van der Waals surface area contributed by atoms with Gasteiger partial charge in [-0.15, -0.1) is 24.0 Å². The lowest BCUT2D eigenvalue weighted by atomic mass is 9.98. The van der Waals surface area contributed by atoms with Crippen molar-refractivity contribution in [2.24, 2.45) is 4.99 Å². The van der Waals surface area contributed by atoms with Crippen molar-refractivity contribution in [3.8, 4) is 0 Å². The summed E-state index contributed by atoms with van der Waals surface area (Å²) in [5.74, 6) is 1.25. The predicted octanol–water partition coefficient (Wildman–Crippen LogP) is 3.23. The number of nitrogens with one attached hydrogen (secondary N) is 2. The maximum atomic E-state index is 10.0. The van der Waals surface area contributed by atoms with Gasteiger partial charge in [0.1, 0.15) is 11.9 Å². The summed E-state index contributed by atoms with van der Waals surface area (Å²) in [7, 11) is 0. The average Bonchev–Trinajstić information content (AvgIpc) is 3.14. The van der Waals surface area contributed by atoms with Crippen molar-refractivity contribution in [2.75, 3.05) is 26.2 Å². The monoisotopic (exact) mass is 465 g/mol. The number of hydrogen-bond donors (Lipinski definition) is 3. The molecule has 1 heterocycles. The van der Waals surface area contributed by atoms with E-state index in [9.17, 15) is 5.11 Å². The molecule has 0 bridgehead atoms. The molecule has 1 aromatic heterocycles. The van der Waals surface area contributed by atoms with E-state index in [0.717, 1.165) is 26.1 Å². The number of hydrogen-bond acceptors (Lipinski definition) is 4. The molecule has 1 fully saturated rings. The van der Waals surface area contributed by atoms with Gasteiger partial charge in [0.25, 0.3) is 0 Å². The van der Waals surface area contributed by atoms with E-state index in [1.54, 1.807) is 18.4 Å². The van der Waals surface area contributed by atoms with Crippen molar-refractivity contribution in [1.29, 1.82) is 0 Å². The van der Waals surface area contributed by atoms with E-state index < -0.39 is 6.10 Å². The summed E-state index contributed by atoms with van der Waals surface area (Å²) in [5, 5.41) is 16.5. The quantitative estimate of drug-likeness (QED) is 0.226. The second-order valence-corrected chi connectivity index (χ2v) is 6.16. The Labute approximate surface area is 167 Å². The van der Waals surface area contributed by atoms with Crippen LogP contribution < -0.4 is 10.6 Å². The van der Waals surface area contributed by atoms with Gasteiger partial charge in [0.15, 0.2) is 5.96 Å². The first-order valence-electron chi connectivity index (χ1n) is 9.15. The van der Waals surface area contributed by atoms with Crippen LogP contribution in [0.5, 0.6) is 0 Å². The molecule has 6 nitrogen and oxygen atoms in total. The van der Waals surface area contributed by atoms with Gasteiger partial charge in [-0.2, -0.15) is 0 Å². The van der Waals surface area contributed by atoms with Crippen LogP contribution in [0, 0.1) is 0 Å². The van der Waals surface area contributed by atoms with Crippen LogP contribution in [0.2, 0.25) is 0 Å². The third-order valence-electron chi connectivity index (χ3n) is 4.16. The number of aliphatic hydroxyl groups excluding tert-OH is 1. The Bertz CT molecular complexity index is 462. The number of guanidine groups is 1. The minimum absolute atomic E-state index is 0. The van der Waals surface area contributed by atoms with Crippen molar-refractivity contribution < 1.29 is 14.3 Å². The van der Waals surface area contributed by atoms with Gasteiger partial charge >= 0.3 is 0 Å². The van der Waals surface area contributed by atoms with Crippen LogP contribution >= 0.6 is 24.0 Å². The van der Waals surface area contributed by atoms with Crippen LogP contribution in [-0.4, -0.2) is 43.4 Å². The highest BCUT2D eigenvalue weighted by molar-refractivity contribution is 14.0. The number of ether oxygens (including phenoxy) is 1. The van der Waals surface area contributed by atoms with Crippen molar-refractivity contribution >= 4 is 29.9 Å². The van der Waals surface area contributed by atoms with Gasteiger partial charge in [-0.3, -0.25) is 4.99 Å². The van der Waals surface area contributed by atoms with Crippen LogP contribution in [0.15, 0.2) is 27.8 Å². The Kier molecular flexibility index (Phi) is 11.9. The largest absolute Gasteiger partial charge is 0.467 e. The van der Waals surface area contributed by atoms with Gasteiger partial charge in [0.05, 0.1) is 18.9 Å². The number of furan rings is 1. The molecule has 1 aromatic rings. The molecule has 7 heteroatoms. The van der Waals surface area contributed by atoms with Crippen molar-refractivity contribution in [3.63, 3.8) is 0 Å². The molecule has 144 valence electrons. The van der Waals surface area contributed by atoms with E-state index in [-0.39, 0.29) is 30.5 Å². The molecule has 1 aliphatic carbocycles. The fraction of sp³-hybridized carbons (Fsp3) is 0.722. The minimum Gasteiger partial charge on any atom is -0.467 e. The SMILES string of the molecule is CCNC(=NCC(O)c1ccco1)NCCCOC1CCCCC1.I. The normalized spacial score (nSPS) is 17.0. The lowest BCUT2D eigenvalue weighted by Crippen LogP contribution is -2.38. The highest BCUT2D eigenvalue weighted by atomic mass is 127. The molecular weight excluding hydrogens is 433 g/mol. The molecule has 0 saturated heterocycles. The van der Waals surface area contributed by atoms with E-state index in [1.807, 2.05) is 6.92 Å². The van der Waals surface area contributed by atoms with Crippen LogP contribution in [0.25, 0.3) is 0 Å². The van der Waals surface area contributed by atoms with Crippen molar-refractivity contribution in [2.45, 2.75) is 57.7 Å². The zero-order valence-corrected chi connectivity index (χ0v) is 17.4. The molecular formula is C18H32IN3O3. The van der Waals surface area contributed by atoms with Crippen LogP contribution in [0.4, 0.5) is 0 Å². The molecule has 1 unspecified atom stereocenters. The second kappa shape index (κ2) is 13.4. The highest BCUT2D eigenvalue weighted by Gasteiger charge is 2.13. The third kappa shape index (κ3) is 8.91. The van der Waals surface area contributed by atoms with Crippen LogP contribution in [0.3, 0.4) is 0 Å². The summed E-state index contributed by atoms with van der Waals surface area (Å²) < 4.78 is 11.1. The van der Waals surface area contributed by atoms with Crippen LogP contribution in [0.1, 0.15) is 57.3 Å². The molecule has 0 spiro atoms. The molecule has 3 N–H and O–H groups in total. The molecule has 0 aliphatic heterocycles. The Balaban J connectivity index is 0.00000312. The molecule has 25 heavy (non-hydrogen) atoms. The first-order valence-corrected chi connectivity index (χ1v) is 9.15. The summed E-state index contributed by atoms with van der Waals surface area (Å²) >= 11 is 0. The topological polar surface area (TPSA) is 79.0 Å². The smallest absolute Gasteiger partial charge is 0.191 e. The number of rotatable bonds is 9. The molecule has 1 saturated carbocycles. The zero-order chi connectivity index (χ0) is 17.0. The number of nitrogens with zero attached hydrogens (tertiary/aromatic N) is 1. The molecule has 0 amide bonds. The maximum Gasteiger partial charge on any atom is 0.191 e. The molecule has 2 rings (SSSR count). The van der Waals surface area contributed by atoms with Gasteiger partial charge < -0.3 is 24.9 Å². The van der Waals surface area contributed by atoms with E-state index >= 15 is 0 Å². The van der Waals surface area contributed by atoms with Gasteiger partial charge in [-0.25, -0.2) is 0 Å². The third-order valence-corrected chi connectivity index (χ3v) is 4.16. The summed E-state index contributed by atoms with van der Waals surface area (Å²) in [6.07, 6.45) is 8.63. The average molecular weight is 465 g/mol. The van der Waals surface area contributed by atoms with E-state index in [1.165, 1.54) is 32.1 Å². The molecule has 0 radical (unpaired) electrons. The summed E-state index contributed by atoms with van der Waals surface area (Å²) in [5.41, 5.74) is 0. The summed E-state index contributed by atoms with van der Waals surface area (Å²) in [4.78, 5) is 4.40. The lowest BCUT2D eigenvalue weighted by molar-refractivity contribution is 0.0277. The first-order chi connectivity index (χ1) is 11.8. The fourth-order valence-electron chi connectivity index (χ4n) is 2.85. The van der Waals surface area contributed by atoms with E-state index in [2.05, 4.69) is 15.6 Å². The zero-order valence-electron chi connectivity index (χ0n) is 15.1. The standard InChI is InChI=1S/C18H31N3O3.HI/c1-2-19-18(21-14-16(22)17-10-6-12-24-17)20-11-7-13-23-15-8-4-3-5-9-15;/h6,10,12,15-16,22H,2-5,7-9,11,13-14H2,1H3,(H2,19,20,21);1H. The first kappa shape index (κ1) is 22.2. The number of aliphatic hydroxyl groups is 1. The maximum absolute atomic E-state index is 10.0. The molecule has 1 atom stereocenters. The molecule has 1 aliphatic rings. The van der Waals surface area contributed by atoms with Gasteiger partial charge in [-0.05, 0) is 38.3 Å². The Hall–Kier alpha value is -0.800. The second-order valence-electron chi connectivity index (χ2n) is 6.16. The van der Waals surface area contributed by atoms with E-state index in [4.69, 9.17) is 9.15 Å². The lowest BCUT2D eigenvalue weighted by Gasteiger charge is -2.22. The fourth-order valence-corrected chi connectivity index (χ4v) is 2.85. The Morgan fingerprint density at radius 1 is 1.36 bits per heavy atom. The highest BCUT2D eigenvalue weighted by Crippen LogP contribution is 2.20. The van der Waals surface area contributed by atoms with E-state index in [0.29, 0.717) is 17.8 Å². The van der Waals surface area contributed by atoms with Gasteiger partial charge in [0.2, 0.25) is 0 Å².